The van der Waals surface area contributed by atoms with Crippen molar-refractivity contribution >= 4 is 22.4 Å². The number of unbranched alkanes of at least 4 members (excludes halogenated alkanes) is 1. The standard InChI is InChI=1S/C23H21N3O4S/c1-2-3-12-28-16-10-8-15(9-11-16)13-20-22(27)26-23(31-20)24-21(25-26)19-14-29-17-6-4-5-7-18(17)30-19/h4-11,13,19H,2-3,12,14H2,1H3/b20-13-/t19-/m1/s1. The van der Waals surface area contributed by atoms with E-state index in [1.807, 2.05) is 54.6 Å². The number of benzene rings is 2. The van der Waals surface area contributed by atoms with Crippen LogP contribution in [0.2, 0.25) is 0 Å². The van der Waals surface area contributed by atoms with Crippen molar-refractivity contribution in [3.05, 3.63) is 74.8 Å². The topological polar surface area (TPSA) is 74.9 Å². The molecule has 0 fully saturated rings. The van der Waals surface area contributed by atoms with E-state index < -0.39 is 6.10 Å². The van der Waals surface area contributed by atoms with Crippen molar-refractivity contribution in [1.82, 2.24) is 14.6 Å². The van der Waals surface area contributed by atoms with Crippen LogP contribution in [0.4, 0.5) is 0 Å². The summed E-state index contributed by atoms with van der Waals surface area (Å²) in [5.41, 5.74) is 0.726. The summed E-state index contributed by atoms with van der Waals surface area (Å²) >= 11 is 1.30. The molecule has 1 aliphatic heterocycles. The Bertz CT molecular complexity index is 1310. The molecule has 5 rings (SSSR count). The normalized spacial score (nSPS) is 16.0. The van der Waals surface area contributed by atoms with Crippen LogP contribution >= 0.6 is 11.3 Å². The third kappa shape index (κ3) is 3.98. The molecule has 0 aliphatic carbocycles. The monoisotopic (exact) mass is 435 g/mol. The Hall–Kier alpha value is -3.39. The number of hydrogen-bond donors (Lipinski definition) is 0. The Morgan fingerprint density at radius 2 is 2.00 bits per heavy atom. The summed E-state index contributed by atoms with van der Waals surface area (Å²) in [6.07, 6.45) is 3.52. The van der Waals surface area contributed by atoms with Gasteiger partial charge in [0.2, 0.25) is 4.96 Å². The number of para-hydroxylation sites is 2. The first-order valence-electron chi connectivity index (χ1n) is 10.2. The molecule has 0 unspecified atom stereocenters. The first-order valence-corrected chi connectivity index (χ1v) is 11.1. The van der Waals surface area contributed by atoms with Crippen molar-refractivity contribution in [2.75, 3.05) is 13.2 Å². The summed E-state index contributed by atoms with van der Waals surface area (Å²) in [5.74, 6) is 2.62. The quantitative estimate of drug-likeness (QED) is 0.432. The number of rotatable bonds is 6. The van der Waals surface area contributed by atoms with Crippen LogP contribution in [0.25, 0.3) is 11.0 Å². The number of thiazole rings is 1. The maximum absolute atomic E-state index is 12.8. The van der Waals surface area contributed by atoms with Crippen LogP contribution in [-0.2, 0) is 0 Å². The second-order valence-corrected chi connectivity index (χ2v) is 8.22. The molecule has 158 valence electrons. The van der Waals surface area contributed by atoms with Crippen LogP contribution in [0.5, 0.6) is 17.2 Å². The molecule has 0 spiro atoms. The van der Waals surface area contributed by atoms with Crippen molar-refractivity contribution in [2.24, 2.45) is 0 Å². The third-order valence-corrected chi connectivity index (χ3v) is 5.90. The van der Waals surface area contributed by atoms with Crippen LogP contribution in [0.1, 0.15) is 37.3 Å². The maximum Gasteiger partial charge on any atom is 0.291 e. The van der Waals surface area contributed by atoms with Gasteiger partial charge in [0.1, 0.15) is 12.4 Å². The van der Waals surface area contributed by atoms with Crippen LogP contribution in [0.3, 0.4) is 0 Å². The zero-order valence-electron chi connectivity index (χ0n) is 17.0. The lowest BCUT2D eigenvalue weighted by molar-refractivity contribution is 0.0852. The lowest BCUT2D eigenvalue weighted by Gasteiger charge is -2.24. The van der Waals surface area contributed by atoms with E-state index in [2.05, 4.69) is 17.0 Å². The molecule has 0 N–H and O–H groups in total. The van der Waals surface area contributed by atoms with E-state index in [1.54, 1.807) is 0 Å². The number of ether oxygens (including phenoxy) is 3. The highest BCUT2D eigenvalue weighted by molar-refractivity contribution is 7.15. The number of aromatic nitrogens is 3. The van der Waals surface area contributed by atoms with Gasteiger partial charge in [0.15, 0.2) is 23.4 Å². The van der Waals surface area contributed by atoms with Crippen molar-refractivity contribution in [3.63, 3.8) is 0 Å². The first kappa shape index (κ1) is 19.6. The molecule has 0 saturated heterocycles. The summed E-state index contributed by atoms with van der Waals surface area (Å²) in [5, 5.41) is 4.39. The second-order valence-electron chi connectivity index (χ2n) is 7.22. The highest BCUT2D eigenvalue weighted by atomic mass is 32.1. The molecule has 3 heterocycles. The van der Waals surface area contributed by atoms with E-state index in [0.717, 1.165) is 24.2 Å². The summed E-state index contributed by atoms with van der Waals surface area (Å²) in [7, 11) is 0. The number of fused-ring (bicyclic) bond motifs is 2. The lowest BCUT2D eigenvalue weighted by atomic mass is 10.2. The van der Waals surface area contributed by atoms with E-state index in [0.29, 0.717) is 40.0 Å². The van der Waals surface area contributed by atoms with Gasteiger partial charge < -0.3 is 14.2 Å². The molecule has 4 aromatic rings. The van der Waals surface area contributed by atoms with Gasteiger partial charge in [0.05, 0.1) is 11.1 Å². The zero-order chi connectivity index (χ0) is 21.2. The fraction of sp³-hybridized carbons (Fsp3) is 0.261. The summed E-state index contributed by atoms with van der Waals surface area (Å²) in [6.45, 7) is 3.14. The van der Waals surface area contributed by atoms with E-state index in [9.17, 15) is 4.79 Å². The van der Waals surface area contributed by atoms with Gasteiger partial charge >= 0.3 is 0 Å². The fourth-order valence-corrected chi connectivity index (χ4v) is 4.19. The predicted octanol–water partition coefficient (Wildman–Crippen LogP) is 3.39. The van der Waals surface area contributed by atoms with Gasteiger partial charge in [0, 0.05) is 0 Å². The molecule has 0 saturated carbocycles. The lowest BCUT2D eigenvalue weighted by Crippen LogP contribution is -2.26. The average Bonchev–Trinajstić information content (AvgIpc) is 3.34. The molecular weight excluding hydrogens is 414 g/mol. The van der Waals surface area contributed by atoms with Crippen molar-refractivity contribution in [2.45, 2.75) is 25.9 Å². The zero-order valence-corrected chi connectivity index (χ0v) is 17.8. The molecule has 0 bridgehead atoms. The third-order valence-electron chi connectivity index (χ3n) is 4.94. The van der Waals surface area contributed by atoms with Gasteiger partial charge in [0.25, 0.3) is 5.56 Å². The van der Waals surface area contributed by atoms with E-state index in [1.165, 1.54) is 15.9 Å². The fourth-order valence-electron chi connectivity index (χ4n) is 3.28. The van der Waals surface area contributed by atoms with Gasteiger partial charge in [-0.05, 0) is 42.3 Å². The van der Waals surface area contributed by atoms with Crippen LogP contribution in [0.15, 0.2) is 53.3 Å². The van der Waals surface area contributed by atoms with Crippen molar-refractivity contribution < 1.29 is 14.2 Å². The Balaban J connectivity index is 1.37. The first-order chi connectivity index (χ1) is 15.2. The van der Waals surface area contributed by atoms with Gasteiger partial charge in [-0.25, -0.2) is 0 Å². The highest BCUT2D eigenvalue weighted by Crippen LogP contribution is 2.35. The van der Waals surface area contributed by atoms with E-state index >= 15 is 0 Å². The van der Waals surface area contributed by atoms with Crippen LogP contribution < -0.4 is 24.3 Å². The predicted molar refractivity (Wildman–Crippen MR) is 118 cm³/mol. The SMILES string of the molecule is CCCCOc1ccc(/C=c2\sc3nc([C@H]4COc5ccccc5O4)nn3c2=O)cc1. The smallest absolute Gasteiger partial charge is 0.291 e. The molecule has 0 amide bonds. The number of hydrogen-bond acceptors (Lipinski definition) is 7. The number of nitrogens with zero attached hydrogens (tertiary/aromatic N) is 3. The van der Waals surface area contributed by atoms with Crippen LogP contribution in [-0.4, -0.2) is 27.8 Å². The van der Waals surface area contributed by atoms with Gasteiger partial charge in [-0.3, -0.25) is 4.79 Å². The van der Waals surface area contributed by atoms with Gasteiger partial charge in [-0.2, -0.15) is 9.50 Å². The Kier molecular flexibility index (Phi) is 5.30. The van der Waals surface area contributed by atoms with Crippen molar-refractivity contribution in [1.29, 1.82) is 0 Å². The molecule has 0 radical (unpaired) electrons. The minimum atomic E-state index is -0.450. The average molecular weight is 436 g/mol. The summed E-state index contributed by atoms with van der Waals surface area (Å²) in [6, 6.07) is 15.2. The van der Waals surface area contributed by atoms with Gasteiger partial charge in [-0.1, -0.05) is 48.9 Å². The minimum absolute atomic E-state index is 0.195. The summed E-state index contributed by atoms with van der Waals surface area (Å²) in [4.78, 5) is 17.9. The largest absolute Gasteiger partial charge is 0.494 e. The second kappa shape index (κ2) is 8.39. The Morgan fingerprint density at radius 3 is 2.77 bits per heavy atom. The Labute approximate surface area is 182 Å². The summed E-state index contributed by atoms with van der Waals surface area (Å²) < 4.78 is 19.3. The molecule has 1 aliphatic rings. The molecular formula is C23H21N3O4S. The van der Waals surface area contributed by atoms with Crippen LogP contribution in [0, 0.1) is 0 Å². The molecule has 8 heteroatoms. The Morgan fingerprint density at radius 1 is 1.19 bits per heavy atom. The highest BCUT2D eigenvalue weighted by Gasteiger charge is 2.27. The minimum Gasteiger partial charge on any atom is -0.494 e. The molecule has 2 aromatic carbocycles. The van der Waals surface area contributed by atoms with Crippen molar-refractivity contribution in [3.8, 4) is 17.2 Å². The van der Waals surface area contributed by atoms with Gasteiger partial charge in [-0.15, -0.1) is 5.10 Å². The molecule has 7 nitrogen and oxygen atoms in total. The molecule has 1 atom stereocenters. The maximum atomic E-state index is 12.8. The van der Waals surface area contributed by atoms with E-state index in [-0.39, 0.29) is 5.56 Å². The van der Waals surface area contributed by atoms with E-state index in [4.69, 9.17) is 14.2 Å². The molecule has 31 heavy (non-hydrogen) atoms. The molecule has 2 aromatic heterocycles.